The van der Waals surface area contributed by atoms with Gasteiger partial charge in [-0.05, 0) is 37.0 Å². The predicted octanol–water partition coefficient (Wildman–Crippen LogP) is 1.60. The predicted molar refractivity (Wildman–Crippen MR) is 84.3 cm³/mol. The molecule has 1 aromatic carbocycles. The highest BCUT2D eigenvalue weighted by Crippen LogP contribution is 2.43. The van der Waals surface area contributed by atoms with Gasteiger partial charge in [-0.2, -0.15) is 21.6 Å². The standard InChI is InChI=1S/C16H18F3NO6S/c17-16(18,19)27(23,24)26-13-3-1-2-11(8-13)12-9-15(25-10-12)4-6-20(7-5-15)14(21)22/h1-3,8,12H,4-7,9-10H2,(H,21,22)/p-1/t12-/m0/s1. The molecule has 0 saturated carbocycles. The van der Waals surface area contributed by atoms with E-state index in [0.717, 1.165) is 6.07 Å². The second-order valence-electron chi connectivity index (χ2n) is 6.70. The first kappa shape index (κ1) is 19.7. The summed E-state index contributed by atoms with van der Waals surface area (Å²) in [5, 5.41) is 10.9. The number of amides is 1. The minimum Gasteiger partial charge on any atom is -0.530 e. The Kier molecular flexibility index (Phi) is 5.02. The molecule has 2 heterocycles. The van der Waals surface area contributed by atoms with E-state index < -0.39 is 33.1 Å². The highest BCUT2D eigenvalue weighted by atomic mass is 32.2. The molecule has 0 bridgehead atoms. The van der Waals surface area contributed by atoms with Crippen molar-refractivity contribution in [3.8, 4) is 5.75 Å². The first-order valence-electron chi connectivity index (χ1n) is 8.22. The minimum absolute atomic E-state index is 0.156. The summed E-state index contributed by atoms with van der Waals surface area (Å²) < 4.78 is 69.8. The maximum atomic E-state index is 12.5. The van der Waals surface area contributed by atoms with Gasteiger partial charge in [0.15, 0.2) is 0 Å². The third kappa shape index (κ3) is 4.13. The average molecular weight is 408 g/mol. The molecule has 2 saturated heterocycles. The summed E-state index contributed by atoms with van der Waals surface area (Å²) in [7, 11) is -5.73. The number of nitrogens with zero attached hydrogens (tertiary/aromatic N) is 1. The Labute approximate surface area is 153 Å². The summed E-state index contributed by atoms with van der Waals surface area (Å²) in [5.74, 6) is -0.575. The smallest absolute Gasteiger partial charge is 0.530 e. The second-order valence-corrected chi connectivity index (χ2v) is 8.24. The van der Waals surface area contributed by atoms with E-state index in [4.69, 9.17) is 4.74 Å². The normalized spacial score (nSPS) is 22.8. The quantitative estimate of drug-likeness (QED) is 0.557. The van der Waals surface area contributed by atoms with Crippen LogP contribution in [0.2, 0.25) is 0 Å². The zero-order chi connectivity index (χ0) is 19.9. The van der Waals surface area contributed by atoms with E-state index in [0.29, 0.717) is 44.5 Å². The largest absolute Gasteiger partial charge is 0.534 e. The number of benzene rings is 1. The Balaban J connectivity index is 1.69. The van der Waals surface area contributed by atoms with Crippen LogP contribution in [-0.2, 0) is 14.9 Å². The molecule has 1 spiro atoms. The fourth-order valence-corrected chi connectivity index (χ4v) is 3.95. The number of piperidine rings is 1. The summed E-state index contributed by atoms with van der Waals surface area (Å²) in [5.41, 5.74) is -5.40. The monoisotopic (exact) mass is 408 g/mol. The minimum atomic E-state index is -5.73. The summed E-state index contributed by atoms with van der Waals surface area (Å²) in [6, 6.07) is 5.47. The van der Waals surface area contributed by atoms with E-state index in [9.17, 15) is 31.5 Å². The highest BCUT2D eigenvalue weighted by molar-refractivity contribution is 7.88. The maximum absolute atomic E-state index is 12.5. The molecule has 0 aromatic heterocycles. The lowest BCUT2D eigenvalue weighted by atomic mass is 9.83. The van der Waals surface area contributed by atoms with Gasteiger partial charge < -0.3 is 23.7 Å². The van der Waals surface area contributed by atoms with Crippen molar-refractivity contribution in [3.63, 3.8) is 0 Å². The number of rotatable bonds is 3. The highest BCUT2D eigenvalue weighted by Gasteiger charge is 2.48. The molecule has 2 aliphatic rings. The van der Waals surface area contributed by atoms with Gasteiger partial charge in [-0.15, -0.1) is 0 Å². The van der Waals surface area contributed by atoms with Crippen LogP contribution in [0.1, 0.15) is 30.7 Å². The van der Waals surface area contributed by atoms with E-state index in [1.807, 2.05) is 0 Å². The van der Waals surface area contributed by atoms with E-state index in [2.05, 4.69) is 4.18 Å². The average Bonchev–Trinajstić information content (AvgIpc) is 2.98. The Morgan fingerprint density at radius 1 is 1.30 bits per heavy atom. The van der Waals surface area contributed by atoms with Crippen molar-refractivity contribution in [2.24, 2.45) is 0 Å². The van der Waals surface area contributed by atoms with Crippen molar-refractivity contribution in [1.82, 2.24) is 4.90 Å². The molecule has 1 atom stereocenters. The van der Waals surface area contributed by atoms with Gasteiger partial charge in [0.25, 0.3) is 0 Å². The van der Waals surface area contributed by atoms with Crippen LogP contribution >= 0.6 is 0 Å². The first-order chi connectivity index (χ1) is 12.5. The third-order valence-electron chi connectivity index (χ3n) is 4.96. The lowest BCUT2D eigenvalue weighted by molar-refractivity contribution is -0.268. The van der Waals surface area contributed by atoms with Gasteiger partial charge in [0.05, 0.1) is 12.2 Å². The Morgan fingerprint density at radius 2 is 1.96 bits per heavy atom. The SMILES string of the molecule is O=C([O-])N1CCC2(CC1)C[C@H](c1cccc(OS(=O)(=O)C(F)(F)F)c1)CO2. The van der Waals surface area contributed by atoms with Gasteiger partial charge >= 0.3 is 15.6 Å². The Morgan fingerprint density at radius 3 is 2.56 bits per heavy atom. The molecule has 1 aromatic rings. The van der Waals surface area contributed by atoms with Gasteiger partial charge in [-0.25, -0.2) is 0 Å². The lowest BCUT2D eigenvalue weighted by Gasteiger charge is -2.39. The van der Waals surface area contributed by atoms with Gasteiger partial charge in [-0.1, -0.05) is 12.1 Å². The lowest BCUT2D eigenvalue weighted by Crippen LogP contribution is -2.50. The fourth-order valence-electron chi connectivity index (χ4n) is 3.50. The molecule has 7 nitrogen and oxygen atoms in total. The number of halogens is 3. The van der Waals surface area contributed by atoms with Crippen molar-refractivity contribution in [3.05, 3.63) is 29.8 Å². The summed E-state index contributed by atoms with van der Waals surface area (Å²) >= 11 is 0. The number of hydrogen-bond acceptors (Lipinski definition) is 6. The molecule has 0 aliphatic carbocycles. The van der Waals surface area contributed by atoms with Crippen LogP contribution in [0.25, 0.3) is 0 Å². The first-order valence-corrected chi connectivity index (χ1v) is 9.63. The van der Waals surface area contributed by atoms with Crippen molar-refractivity contribution < 1.29 is 40.4 Å². The zero-order valence-electron chi connectivity index (χ0n) is 14.1. The van der Waals surface area contributed by atoms with Gasteiger partial charge in [0.2, 0.25) is 0 Å². The molecule has 1 amide bonds. The van der Waals surface area contributed by atoms with Crippen LogP contribution in [0.3, 0.4) is 0 Å². The van der Waals surface area contributed by atoms with Crippen LogP contribution in [-0.4, -0.2) is 50.2 Å². The fraction of sp³-hybridized carbons (Fsp3) is 0.562. The summed E-state index contributed by atoms with van der Waals surface area (Å²) in [6.45, 7) is 0.894. The number of carbonyl (C=O) groups excluding carboxylic acids is 1. The number of carboxylic acid groups (broad SMARTS) is 1. The Hall–Kier alpha value is -2.01. The number of carbonyl (C=O) groups is 1. The van der Waals surface area contributed by atoms with Crippen molar-refractivity contribution in [1.29, 1.82) is 0 Å². The molecule has 2 fully saturated rings. The molecule has 11 heteroatoms. The van der Waals surface area contributed by atoms with E-state index in [1.54, 1.807) is 6.07 Å². The number of ether oxygens (including phenoxy) is 1. The van der Waals surface area contributed by atoms with Crippen molar-refractivity contribution >= 4 is 16.2 Å². The molecule has 27 heavy (non-hydrogen) atoms. The van der Waals surface area contributed by atoms with Crippen LogP contribution in [0, 0.1) is 0 Å². The van der Waals surface area contributed by atoms with Gasteiger partial charge in [0.1, 0.15) is 11.8 Å². The topological polar surface area (TPSA) is 96.0 Å². The number of likely N-dealkylation sites (tertiary alicyclic amines) is 1. The maximum Gasteiger partial charge on any atom is 0.534 e. The van der Waals surface area contributed by atoms with Crippen LogP contribution < -0.4 is 9.29 Å². The molecular formula is C16H17F3NO6S-. The van der Waals surface area contributed by atoms with Crippen molar-refractivity contribution in [2.45, 2.75) is 36.3 Å². The zero-order valence-corrected chi connectivity index (χ0v) is 14.9. The molecule has 0 unspecified atom stereocenters. The molecule has 150 valence electrons. The molecule has 2 aliphatic heterocycles. The van der Waals surface area contributed by atoms with E-state index >= 15 is 0 Å². The third-order valence-corrected chi connectivity index (χ3v) is 5.94. The molecular weight excluding hydrogens is 391 g/mol. The molecule has 3 rings (SSSR count). The van der Waals surface area contributed by atoms with Crippen LogP contribution in [0.15, 0.2) is 24.3 Å². The Bertz CT molecular complexity index is 818. The van der Waals surface area contributed by atoms with Crippen molar-refractivity contribution in [2.75, 3.05) is 19.7 Å². The van der Waals surface area contributed by atoms with Gasteiger partial charge in [0, 0.05) is 19.0 Å². The summed E-state index contributed by atoms with van der Waals surface area (Å²) in [6.07, 6.45) is 0.324. The van der Waals surface area contributed by atoms with E-state index in [-0.39, 0.29) is 5.92 Å². The summed E-state index contributed by atoms with van der Waals surface area (Å²) in [4.78, 5) is 12.1. The van der Waals surface area contributed by atoms with Crippen LogP contribution in [0.5, 0.6) is 5.75 Å². The number of alkyl halides is 3. The molecule has 0 radical (unpaired) electrons. The van der Waals surface area contributed by atoms with Crippen LogP contribution in [0.4, 0.5) is 18.0 Å². The number of hydrogen-bond donors (Lipinski definition) is 0. The second kappa shape index (κ2) is 6.86. The van der Waals surface area contributed by atoms with Gasteiger partial charge in [-0.3, -0.25) is 0 Å². The van der Waals surface area contributed by atoms with E-state index in [1.165, 1.54) is 17.0 Å². The molecule has 0 N–H and O–H groups in total.